The third kappa shape index (κ3) is 2.83. The number of aldehydes is 1. The molecule has 2 N–H and O–H groups in total. The van der Waals surface area contributed by atoms with E-state index in [1.807, 2.05) is 18.2 Å². The fraction of sp³-hybridized carbons (Fsp3) is 0.300. The van der Waals surface area contributed by atoms with E-state index < -0.39 is 0 Å². The summed E-state index contributed by atoms with van der Waals surface area (Å²) in [6, 6.07) is 7.46. The summed E-state index contributed by atoms with van der Waals surface area (Å²) in [5.41, 5.74) is 6.57. The smallest absolute Gasteiger partial charge is 0.120 e. The molecule has 0 aliphatic heterocycles. The van der Waals surface area contributed by atoms with E-state index in [2.05, 4.69) is 0 Å². The minimum absolute atomic E-state index is 0.0937. The Balaban J connectivity index is 2.84. The van der Waals surface area contributed by atoms with Gasteiger partial charge in [-0.3, -0.25) is 0 Å². The number of hydrogen-bond acceptors (Lipinski definition) is 2. The van der Waals surface area contributed by atoms with Gasteiger partial charge in [0, 0.05) is 17.4 Å². The number of carbonyl (C=O) groups is 1. The maximum absolute atomic E-state index is 10.3. The number of hydrogen-bond donors (Lipinski definition) is 1. The van der Waals surface area contributed by atoms with Crippen LogP contribution in [0.2, 0.25) is 5.02 Å². The van der Waals surface area contributed by atoms with Gasteiger partial charge in [0.2, 0.25) is 0 Å². The van der Waals surface area contributed by atoms with E-state index in [-0.39, 0.29) is 5.92 Å². The zero-order chi connectivity index (χ0) is 9.68. The first-order valence-corrected chi connectivity index (χ1v) is 4.55. The Bertz CT molecular complexity index is 288. The average Bonchev–Trinajstić information content (AvgIpc) is 2.14. The Morgan fingerprint density at radius 3 is 2.85 bits per heavy atom. The first-order chi connectivity index (χ1) is 6.27. The van der Waals surface area contributed by atoms with E-state index in [1.54, 1.807) is 6.07 Å². The summed E-state index contributed by atoms with van der Waals surface area (Å²) in [5, 5.41) is 0.682. The molecule has 0 aliphatic rings. The molecule has 3 heteroatoms. The second-order valence-electron chi connectivity index (χ2n) is 2.89. The van der Waals surface area contributed by atoms with Crippen LogP contribution < -0.4 is 5.73 Å². The highest BCUT2D eigenvalue weighted by Gasteiger charge is 2.08. The third-order valence-electron chi connectivity index (χ3n) is 1.99. The molecule has 70 valence electrons. The number of halogens is 1. The van der Waals surface area contributed by atoms with Crippen molar-refractivity contribution >= 4 is 17.9 Å². The maximum atomic E-state index is 10.3. The van der Waals surface area contributed by atoms with Crippen molar-refractivity contribution in [2.24, 2.45) is 5.73 Å². The molecule has 0 fully saturated rings. The topological polar surface area (TPSA) is 43.1 Å². The normalized spacial score (nSPS) is 12.5. The van der Waals surface area contributed by atoms with Crippen LogP contribution in [0.5, 0.6) is 0 Å². The van der Waals surface area contributed by atoms with Crippen molar-refractivity contribution in [2.45, 2.75) is 12.3 Å². The predicted octanol–water partition coefficient (Wildman–Crippen LogP) is 1.97. The van der Waals surface area contributed by atoms with Gasteiger partial charge in [-0.25, -0.2) is 0 Å². The highest BCUT2D eigenvalue weighted by molar-refractivity contribution is 6.30. The monoisotopic (exact) mass is 197 g/mol. The summed E-state index contributed by atoms with van der Waals surface area (Å²) >= 11 is 5.82. The van der Waals surface area contributed by atoms with Gasteiger partial charge in [0.15, 0.2) is 0 Å². The summed E-state index contributed by atoms with van der Waals surface area (Å²) in [5.74, 6) is 0.0937. The lowest BCUT2D eigenvalue weighted by Crippen LogP contribution is -2.12. The van der Waals surface area contributed by atoms with Crippen LogP contribution in [0.3, 0.4) is 0 Å². The van der Waals surface area contributed by atoms with Gasteiger partial charge < -0.3 is 10.5 Å². The molecule has 0 radical (unpaired) electrons. The Morgan fingerprint density at radius 1 is 1.54 bits per heavy atom. The van der Waals surface area contributed by atoms with Crippen LogP contribution in [-0.2, 0) is 4.79 Å². The number of rotatable bonds is 4. The van der Waals surface area contributed by atoms with E-state index in [0.29, 0.717) is 18.0 Å². The van der Waals surface area contributed by atoms with Crippen molar-refractivity contribution in [3.05, 3.63) is 34.9 Å². The van der Waals surface area contributed by atoms with E-state index in [1.165, 1.54) is 0 Å². The summed E-state index contributed by atoms with van der Waals surface area (Å²) in [4.78, 5) is 10.3. The lowest BCUT2D eigenvalue weighted by atomic mass is 9.97. The van der Waals surface area contributed by atoms with Crippen molar-refractivity contribution < 1.29 is 4.79 Å². The van der Waals surface area contributed by atoms with Gasteiger partial charge in [-0.1, -0.05) is 23.7 Å². The standard InChI is InChI=1S/C10H12ClNO/c11-10-3-1-2-8(6-10)9(7-12)4-5-13/h1-3,5-6,9H,4,7,12H2/t9-/m0/s1. The first kappa shape index (κ1) is 10.2. The summed E-state index contributed by atoms with van der Waals surface area (Å²) in [7, 11) is 0. The Kier molecular flexibility index (Phi) is 3.93. The first-order valence-electron chi connectivity index (χ1n) is 4.17. The van der Waals surface area contributed by atoms with Crippen LogP contribution in [0.15, 0.2) is 24.3 Å². The SMILES string of the molecule is NC[C@H](CC=O)c1cccc(Cl)c1. The average molecular weight is 198 g/mol. The second kappa shape index (κ2) is 5.00. The molecule has 0 aromatic heterocycles. The molecule has 13 heavy (non-hydrogen) atoms. The van der Waals surface area contributed by atoms with Crippen molar-refractivity contribution in [3.63, 3.8) is 0 Å². The quantitative estimate of drug-likeness (QED) is 0.750. The van der Waals surface area contributed by atoms with Crippen molar-refractivity contribution in [1.29, 1.82) is 0 Å². The highest BCUT2D eigenvalue weighted by atomic mass is 35.5. The van der Waals surface area contributed by atoms with Crippen LogP contribution in [0.1, 0.15) is 17.9 Å². The Hall–Kier alpha value is -0.860. The molecular weight excluding hydrogens is 186 g/mol. The van der Waals surface area contributed by atoms with Crippen molar-refractivity contribution in [1.82, 2.24) is 0 Å². The number of nitrogens with two attached hydrogens (primary N) is 1. The Labute approximate surface area is 82.7 Å². The second-order valence-corrected chi connectivity index (χ2v) is 3.33. The minimum atomic E-state index is 0.0937. The van der Waals surface area contributed by atoms with Crippen LogP contribution >= 0.6 is 11.6 Å². The van der Waals surface area contributed by atoms with Gasteiger partial charge in [0.05, 0.1) is 0 Å². The molecule has 0 aliphatic carbocycles. The van der Waals surface area contributed by atoms with Gasteiger partial charge in [-0.2, -0.15) is 0 Å². The van der Waals surface area contributed by atoms with Crippen molar-refractivity contribution in [3.8, 4) is 0 Å². The molecule has 0 saturated heterocycles. The fourth-order valence-electron chi connectivity index (χ4n) is 1.25. The van der Waals surface area contributed by atoms with E-state index in [9.17, 15) is 4.79 Å². The highest BCUT2D eigenvalue weighted by Crippen LogP contribution is 2.20. The van der Waals surface area contributed by atoms with E-state index >= 15 is 0 Å². The predicted molar refractivity (Wildman–Crippen MR) is 53.9 cm³/mol. The molecule has 0 saturated carbocycles. The number of benzene rings is 1. The molecule has 0 heterocycles. The molecule has 1 aromatic rings. The van der Waals surface area contributed by atoms with Gasteiger partial charge in [-0.05, 0) is 24.2 Å². The fourth-order valence-corrected chi connectivity index (χ4v) is 1.44. The van der Waals surface area contributed by atoms with Crippen LogP contribution in [-0.4, -0.2) is 12.8 Å². The van der Waals surface area contributed by atoms with Gasteiger partial charge >= 0.3 is 0 Å². The Morgan fingerprint density at radius 2 is 2.31 bits per heavy atom. The molecule has 0 spiro atoms. The van der Waals surface area contributed by atoms with Gasteiger partial charge in [-0.15, -0.1) is 0 Å². The summed E-state index contributed by atoms with van der Waals surface area (Å²) in [6.07, 6.45) is 1.34. The van der Waals surface area contributed by atoms with Gasteiger partial charge in [0.25, 0.3) is 0 Å². The lowest BCUT2D eigenvalue weighted by molar-refractivity contribution is -0.108. The zero-order valence-electron chi connectivity index (χ0n) is 7.24. The van der Waals surface area contributed by atoms with E-state index in [0.717, 1.165) is 11.8 Å². The largest absolute Gasteiger partial charge is 0.330 e. The number of carbonyl (C=O) groups excluding carboxylic acids is 1. The molecule has 0 unspecified atom stereocenters. The lowest BCUT2D eigenvalue weighted by Gasteiger charge is -2.11. The molecule has 0 bridgehead atoms. The van der Waals surface area contributed by atoms with E-state index in [4.69, 9.17) is 17.3 Å². The maximum Gasteiger partial charge on any atom is 0.120 e. The molecule has 1 rings (SSSR count). The van der Waals surface area contributed by atoms with Crippen LogP contribution in [0, 0.1) is 0 Å². The van der Waals surface area contributed by atoms with Crippen molar-refractivity contribution in [2.75, 3.05) is 6.54 Å². The summed E-state index contributed by atoms with van der Waals surface area (Å²) in [6.45, 7) is 0.471. The third-order valence-corrected chi connectivity index (χ3v) is 2.22. The molecular formula is C10H12ClNO. The van der Waals surface area contributed by atoms with Crippen LogP contribution in [0.25, 0.3) is 0 Å². The molecule has 0 amide bonds. The zero-order valence-corrected chi connectivity index (χ0v) is 8.00. The molecule has 2 nitrogen and oxygen atoms in total. The summed E-state index contributed by atoms with van der Waals surface area (Å²) < 4.78 is 0. The van der Waals surface area contributed by atoms with Crippen LogP contribution in [0.4, 0.5) is 0 Å². The molecule has 1 aromatic carbocycles. The molecule has 1 atom stereocenters. The van der Waals surface area contributed by atoms with Gasteiger partial charge in [0.1, 0.15) is 6.29 Å². The minimum Gasteiger partial charge on any atom is -0.330 e.